The van der Waals surface area contributed by atoms with Crippen molar-refractivity contribution in [3.63, 3.8) is 0 Å². The van der Waals surface area contributed by atoms with Crippen molar-refractivity contribution >= 4 is 10.0 Å². The van der Waals surface area contributed by atoms with E-state index in [9.17, 15) is 13.5 Å². The zero-order chi connectivity index (χ0) is 17.3. The van der Waals surface area contributed by atoms with Crippen molar-refractivity contribution in [3.8, 4) is 0 Å². The molecule has 0 bridgehead atoms. The smallest absolute Gasteiger partial charge is 0.262 e. The fourth-order valence-corrected chi connectivity index (χ4v) is 4.78. The Labute approximate surface area is 142 Å². The predicted molar refractivity (Wildman–Crippen MR) is 91.1 cm³/mol. The number of rotatable bonds is 6. The molecule has 0 aliphatic heterocycles. The summed E-state index contributed by atoms with van der Waals surface area (Å²) >= 11 is 0. The van der Waals surface area contributed by atoms with Crippen LogP contribution in [-0.2, 0) is 16.4 Å². The first-order valence-electron chi connectivity index (χ1n) is 8.19. The van der Waals surface area contributed by atoms with E-state index in [2.05, 4.69) is 4.98 Å². The number of imidazole rings is 1. The highest BCUT2D eigenvalue weighted by molar-refractivity contribution is 7.89. The van der Waals surface area contributed by atoms with Crippen LogP contribution in [0.15, 0.2) is 41.8 Å². The normalized spacial score (nSPS) is 17.6. The molecular formula is C17H23N3O3S. The van der Waals surface area contributed by atoms with Crippen molar-refractivity contribution in [2.45, 2.75) is 43.8 Å². The average molecular weight is 349 g/mol. The molecule has 0 radical (unpaired) electrons. The van der Waals surface area contributed by atoms with Crippen molar-refractivity contribution in [2.24, 2.45) is 0 Å². The molecule has 1 N–H and O–H groups in total. The molecule has 130 valence electrons. The minimum absolute atomic E-state index is 0.0361. The fraction of sp³-hybridized carbons (Fsp3) is 0.471. The minimum Gasteiger partial charge on any atom is -0.395 e. The fourth-order valence-electron chi connectivity index (χ4n) is 3.23. The molecule has 0 saturated heterocycles. The largest absolute Gasteiger partial charge is 0.395 e. The van der Waals surface area contributed by atoms with Gasteiger partial charge in [-0.2, -0.15) is 4.31 Å². The summed E-state index contributed by atoms with van der Waals surface area (Å²) in [4.78, 5) is 4.09. The number of aliphatic hydroxyl groups is 1. The molecule has 7 heteroatoms. The van der Waals surface area contributed by atoms with Gasteiger partial charge in [0.15, 0.2) is 5.03 Å². The summed E-state index contributed by atoms with van der Waals surface area (Å²) in [5.41, 5.74) is 2.20. The Morgan fingerprint density at radius 3 is 2.79 bits per heavy atom. The van der Waals surface area contributed by atoms with Gasteiger partial charge in [-0.3, -0.25) is 0 Å². The Bertz CT molecular complexity index is 814. The highest BCUT2D eigenvalue weighted by atomic mass is 32.2. The van der Waals surface area contributed by atoms with Gasteiger partial charge in [-0.1, -0.05) is 24.3 Å². The maximum absolute atomic E-state index is 13.1. The Morgan fingerprint density at radius 2 is 2.12 bits per heavy atom. The molecular weight excluding hydrogens is 326 g/mol. The Morgan fingerprint density at radius 1 is 1.38 bits per heavy atom. The van der Waals surface area contributed by atoms with Crippen LogP contribution in [0.2, 0.25) is 0 Å². The van der Waals surface area contributed by atoms with E-state index in [4.69, 9.17) is 0 Å². The second-order valence-electron chi connectivity index (χ2n) is 6.35. The van der Waals surface area contributed by atoms with E-state index in [0.717, 1.165) is 18.4 Å². The molecule has 0 amide bonds. The molecule has 0 spiro atoms. The first kappa shape index (κ1) is 17.1. The molecule has 1 atom stereocenters. The standard InChI is InChI=1S/C17H23N3O3S/c1-13(2)19-11-17(18-12-19)24(22,23)20(9-10-21)16-8-7-14-5-3-4-6-15(14)16/h3-6,11-13,16,21H,7-10H2,1-2H3. The van der Waals surface area contributed by atoms with Gasteiger partial charge < -0.3 is 9.67 Å². The lowest BCUT2D eigenvalue weighted by atomic mass is 10.1. The second kappa shape index (κ2) is 6.66. The number of hydrogen-bond acceptors (Lipinski definition) is 4. The summed E-state index contributed by atoms with van der Waals surface area (Å²) in [6, 6.07) is 7.79. The average Bonchev–Trinajstić information content (AvgIpc) is 3.20. The van der Waals surface area contributed by atoms with Gasteiger partial charge in [0, 0.05) is 18.8 Å². The van der Waals surface area contributed by atoms with Crippen LogP contribution >= 0.6 is 0 Å². The molecule has 24 heavy (non-hydrogen) atoms. The topological polar surface area (TPSA) is 75.4 Å². The van der Waals surface area contributed by atoms with Crippen LogP contribution < -0.4 is 0 Å². The summed E-state index contributed by atoms with van der Waals surface area (Å²) in [6.07, 6.45) is 4.67. The predicted octanol–water partition coefficient (Wildman–Crippen LogP) is 2.13. The van der Waals surface area contributed by atoms with Gasteiger partial charge in [-0.05, 0) is 37.8 Å². The third-order valence-corrected chi connectivity index (χ3v) is 6.31. The summed E-state index contributed by atoms with van der Waals surface area (Å²) < 4.78 is 29.4. The lowest BCUT2D eigenvalue weighted by Gasteiger charge is -2.27. The van der Waals surface area contributed by atoms with Crippen LogP contribution in [-0.4, -0.2) is 40.5 Å². The Hall–Kier alpha value is -1.70. The number of nitrogens with zero attached hydrogens (tertiary/aromatic N) is 3. The van der Waals surface area contributed by atoms with E-state index in [-0.39, 0.29) is 30.3 Å². The van der Waals surface area contributed by atoms with Crippen LogP contribution in [0.4, 0.5) is 0 Å². The molecule has 1 aromatic heterocycles. The zero-order valence-electron chi connectivity index (χ0n) is 14.0. The van der Waals surface area contributed by atoms with Gasteiger partial charge in [0.25, 0.3) is 10.0 Å². The highest BCUT2D eigenvalue weighted by Gasteiger charge is 2.36. The number of aromatic nitrogens is 2. The van der Waals surface area contributed by atoms with Gasteiger partial charge in [0.05, 0.1) is 19.0 Å². The Kier molecular flexibility index (Phi) is 4.76. The number of hydrogen-bond donors (Lipinski definition) is 1. The van der Waals surface area contributed by atoms with Crippen LogP contribution in [0.5, 0.6) is 0 Å². The molecule has 1 aliphatic rings. The second-order valence-corrected chi connectivity index (χ2v) is 8.18. The summed E-state index contributed by atoms with van der Waals surface area (Å²) in [6.45, 7) is 3.78. The monoisotopic (exact) mass is 349 g/mol. The number of sulfonamides is 1. The van der Waals surface area contributed by atoms with Crippen LogP contribution in [0.25, 0.3) is 0 Å². The Balaban J connectivity index is 1.98. The van der Waals surface area contributed by atoms with E-state index in [0.29, 0.717) is 0 Å². The summed E-state index contributed by atoms with van der Waals surface area (Å²) in [5.74, 6) is 0. The third kappa shape index (κ3) is 2.99. The summed E-state index contributed by atoms with van der Waals surface area (Å²) in [5, 5.41) is 9.45. The van der Waals surface area contributed by atoms with Crippen LogP contribution in [0, 0.1) is 0 Å². The number of aliphatic hydroxyl groups excluding tert-OH is 1. The number of aryl methyl sites for hydroxylation is 1. The van der Waals surface area contributed by atoms with Crippen molar-refractivity contribution in [3.05, 3.63) is 47.9 Å². The van der Waals surface area contributed by atoms with E-state index in [1.807, 2.05) is 38.1 Å². The SMILES string of the molecule is CC(C)n1cnc(S(=O)(=O)N(CCO)C2CCc3ccccc32)c1. The van der Waals surface area contributed by atoms with Crippen molar-refractivity contribution in [1.82, 2.24) is 13.9 Å². The van der Waals surface area contributed by atoms with Gasteiger partial charge in [-0.25, -0.2) is 13.4 Å². The molecule has 1 aromatic carbocycles. The molecule has 0 saturated carbocycles. The van der Waals surface area contributed by atoms with Gasteiger partial charge in [0.1, 0.15) is 0 Å². The molecule has 1 aliphatic carbocycles. The third-order valence-electron chi connectivity index (χ3n) is 4.52. The van der Waals surface area contributed by atoms with Crippen LogP contribution in [0.3, 0.4) is 0 Å². The lowest BCUT2D eigenvalue weighted by molar-refractivity contribution is 0.225. The molecule has 1 unspecified atom stereocenters. The first-order valence-corrected chi connectivity index (χ1v) is 9.63. The van der Waals surface area contributed by atoms with Crippen LogP contribution in [0.1, 0.15) is 43.5 Å². The van der Waals surface area contributed by atoms with E-state index in [1.165, 1.54) is 16.2 Å². The van der Waals surface area contributed by atoms with Gasteiger partial charge in [0.2, 0.25) is 0 Å². The minimum atomic E-state index is -3.76. The maximum atomic E-state index is 13.1. The summed E-state index contributed by atoms with van der Waals surface area (Å²) in [7, 11) is -3.76. The van der Waals surface area contributed by atoms with Crippen molar-refractivity contribution in [1.29, 1.82) is 0 Å². The lowest BCUT2D eigenvalue weighted by Crippen LogP contribution is -2.36. The first-order chi connectivity index (χ1) is 11.4. The van der Waals surface area contributed by atoms with E-state index >= 15 is 0 Å². The quantitative estimate of drug-likeness (QED) is 0.867. The molecule has 2 aromatic rings. The van der Waals surface area contributed by atoms with E-state index < -0.39 is 10.0 Å². The number of fused-ring (bicyclic) bond motifs is 1. The molecule has 0 fully saturated rings. The molecule has 6 nitrogen and oxygen atoms in total. The van der Waals surface area contributed by atoms with Gasteiger partial charge >= 0.3 is 0 Å². The molecule has 3 rings (SSSR count). The number of benzene rings is 1. The van der Waals surface area contributed by atoms with Gasteiger partial charge in [-0.15, -0.1) is 0 Å². The molecule has 1 heterocycles. The maximum Gasteiger partial charge on any atom is 0.262 e. The van der Waals surface area contributed by atoms with E-state index in [1.54, 1.807) is 10.8 Å². The highest BCUT2D eigenvalue weighted by Crippen LogP contribution is 2.38. The van der Waals surface area contributed by atoms with Crippen molar-refractivity contribution < 1.29 is 13.5 Å². The zero-order valence-corrected chi connectivity index (χ0v) is 14.8. The van der Waals surface area contributed by atoms with Crippen molar-refractivity contribution in [2.75, 3.05) is 13.2 Å².